The number of rotatable bonds is 9. The fourth-order valence-corrected chi connectivity index (χ4v) is 5.65. The Morgan fingerprint density at radius 2 is 1.86 bits per heavy atom. The molecule has 190 valence electrons. The number of likely N-dealkylation sites (tertiary alicyclic amines) is 1. The Bertz CT molecular complexity index is 1100. The van der Waals surface area contributed by atoms with E-state index >= 15 is 0 Å². The highest BCUT2D eigenvalue weighted by atomic mass is 79.9. The highest BCUT2D eigenvalue weighted by molar-refractivity contribution is 9.10. The molecule has 2 aliphatic rings. The molecule has 0 unspecified atom stereocenters. The van der Waals surface area contributed by atoms with Crippen LogP contribution in [0.2, 0.25) is 0 Å². The van der Waals surface area contributed by atoms with Crippen LogP contribution in [0.15, 0.2) is 39.6 Å². The predicted molar refractivity (Wildman–Crippen MR) is 144 cm³/mol. The minimum Gasteiger partial charge on any atom is -0.456 e. The van der Waals surface area contributed by atoms with E-state index in [9.17, 15) is 9.59 Å². The zero-order valence-corrected chi connectivity index (χ0v) is 23.2. The van der Waals surface area contributed by atoms with Gasteiger partial charge >= 0.3 is 5.97 Å². The largest absolute Gasteiger partial charge is 0.456 e. The minimum atomic E-state index is -0.515. The van der Waals surface area contributed by atoms with Gasteiger partial charge in [-0.25, -0.2) is 4.79 Å². The summed E-state index contributed by atoms with van der Waals surface area (Å²) < 4.78 is 8.15. The molecule has 0 bridgehead atoms. The first-order chi connectivity index (χ1) is 16.7. The quantitative estimate of drug-likeness (QED) is 0.341. The Balaban J connectivity index is 1.55. The van der Waals surface area contributed by atoms with Gasteiger partial charge in [-0.05, 0) is 117 Å². The number of ether oxygens (including phenoxy) is 1. The van der Waals surface area contributed by atoms with E-state index in [2.05, 4.69) is 33.8 Å². The SMILES string of the molecule is CCC[C@H]1CCCN1Cc1c(C2CC2)cc(Br)c(=O)n1CCc1ccc(C(=O)OC(C)(C)C)cc1. The number of hydrogen-bond acceptors (Lipinski definition) is 4. The molecule has 0 N–H and O–H groups in total. The molecule has 1 saturated heterocycles. The standard InChI is InChI=1S/C29H39BrN2O3/c1-5-7-23-8-6-16-31(23)19-26-24(21-13-14-21)18-25(30)27(33)32(26)17-15-20-9-11-22(12-10-20)28(34)35-29(2,3)4/h9-12,18,21,23H,5-8,13-17,19H2,1-4H3/t23-/m0/s1. The number of pyridine rings is 1. The third-order valence-electron chi connectivity index (χ3n) is 7.09. The molecule has 2 fully saturated rings. The van der Waals surface area contributed by atoms with Gasteiger partial charge in [-0.15, -0.1) is 0 Å². The first-order valence-electron chi connectivity index (χ1n) is 13.1. The van der Waals surface area contributed by atoms with Crippen molar-refractivity contribution in [3.05, 3.63) is 67.5 Å². The van der Waals surface area contributed by atoms with E-state index in [1.165, 1.54) is 49.8 Å². The fourth-order valence-electron chi connectivity index (χ4n) is 5.19. The molecular formula is C29H39BrN2O3. The first kappa shape index (κ1) is 26.2. The minimum absolute atomic E-state index is 0.0565. The summed E-state index contributed by atoms with van der Waals surface area (Å²) in [6.07, 6.45) is 8.09. The van der Waals surface area contributed by atoms with Crippen LogP contribution >= 0.6 is 15.9 Å². The molecule has 0 amide bonds. The number of nitrogens with zero attached hydrogens (tertiary/aromatic N) is 2. The molecule has 0 radical (unpaired) electrons. The van der Waals surface area contributed by atoms with Gasteiger partial charge in [0.25, 0.3) is 5.56 Å². The van der Waals surface area contributed by atoms with Gasteiger partial charge in [0.05, 0.1) is 10.0 Å². The van der Waals surface area contributed by atoms with Gasteiger partial charge < -0.3 is 9.30 Å². The molecule has 1 aliphatic carbocycles. The highest BCUT2D eigenvalue weighted by Crippen LogP contribution is 2.42. The molecule has 5 nitrogen and oxygen atoms in total. The monoisotopic (exact) mass is 542 g/mol. The van der Waals surface area contributed by atoms with E-state index in [1.807, 2.05) is 49.6 Å². The summed E-state index contributed by atoms with van der Waals surface area (Å²) in [4.78, 5) is 28.2. The highest BCUT2D eigenvalue weighted by Gasteiger charge is 2.31. The van der Waals surface area contributed by atoms with Gasteiger partial charge in [-0.3, -0.25) is 9.69 Å². The second-order valence-corrected chi connectivity index (χ2v) is 12.0. The molecule has 0 spiro atoms. The van der Waals surface area contributed by atoms with Crippen LogP contribution in [-0.2, 0) is 24.2 Å². The second-order valence-electron chi connectivity index (χ2n) is 11.1. The van der Waals surface area contributed by atoms with Gasteiger partial charge in [-0.2, -0.15) is 0 Å². The molecule has 1 aromatic carbocycles. The lowest BCUT2D eigenvalue weighted by atomic mass is 10.0. The Labute approximate surface area is 218 Å². The molecule has 4 rings (SSSR count). The fraction of sp³-hybridized carbons (Fsp3) is 0.586. The average Bonchev–Trinajstić information content (AvgIpc) is 3.56. The van der Waals surface area contributed by atoms with Gasteiger partial charge in [0.15, 0.2) is 0 Å². The number of hydrogen-bond donors (Lipinski definition) is 0. The molecular weight excluding hydrogens is 504 g/mol. The summed E-state index contributed by atoms with van der Waals surface area (Å²) in [7, 11) is 0. The number of carbonyl (C=O) groups excluding carboxylic acids is 1. The Hall–Kier alpha value is -1.92. The summed E-state index contributed by atoms with van der Waals surface area (Å²) >= 11 is 3.55. The van der Waals surface area contributed by atoms with Crippen molar-refractivity contribution < 1.29 is 9.53 Å². The maximum absolute atomic E-state index is 13.3. The number of carbonyl (C=O) groups is 1. The number of aryl methyl sites for hydroxylation is 1. The van der Waals surface area contributed by atoms with Crippen LogP contribution < -0.4 is 5.56 Å². The van der Waals surface area contributed by atoms with Gasteiger partial charge in [0.1, 0.15) is 5.60 Å². The van der Waals surface area contributed by atoms with Crippen LogP contribution in [0.1, 0.15) is 99.3 Å². The maximum Gasteiger partial charge on any atom is 0.338 e. The van der Waals surface area contributed by atoms with Crippen molar-refractivity contribution >= 4 is 21.9 Å². The third kappa shape index (κ3) is 6.65. The molecule has 1 aliphatic heterocycles. The molecule has 1 saturated carbocycles. The van der Waals surface area contributed by atoms with E-state index in [4.69, 9.17) is 4.74 Å². The maximum atomic E-state index is 13.3. The lowest BCUT2D eigenvalue weighted by Crippen LogP contribution is -2.34. The van der Waals surface area contributed by atoms with Gasteiger partial charge in [-0.1, -0.05) is 25.5 Å². The zero-order chi connectivity index (χ0) is 25.2. The van der Waals surface area contributed by atoms with E-state index in [1.54, 1.807) is 0 Å². The first-order valence-corrected chi connectivity index (χ1v) is 13.9. The average molecular weight is 544 g/mol. The van der Waals surface area contributed by atoms with Crippen LogP contribution in [0.25, 0.3) is 0 Å². The molecule has 2 aromatic rings. The van der Waals surface area contributed by atoms with Crippen molar-refractivity contribution in [1.29, 1.82) is 0 Å². The van der Waals surface area contributed by atoms with Crippen LogP contribution in [-0.4, -0.2) is 33.6 Å². The van der Waals surface area contributed by atoms with Crippen LogP contribution in [0, 0.1) is 0 Å². The predicted octanol–water partition coefficient (Wildman–Crippen LogP) is 6.45. The summed E-state index contributed by atoms with van der Waals surface area (Å²) in [6.45, 7) is 10.5. The number of benzene rings is 1. The lowest BCUT2D eigenvalue weighted by molar-refractivity contribution is 0.00695. The van der Waals surface area contributed by atoms with E-state index in [-0.39, 0.29) is 11.5 Å². The van der Waals surface area contributed by atoms with Gasteiger partial charge in [0.2, 0.25) is 0 Å². The van der Waals surface area contributed by atoms with Crippen molar-refractivity contribution in [2.75, 3.05) is 6.54 Å². The molecule has 2 heterocycles. The Kier molecular flexibility index (Phi) is 8.22. The van der Waals surface area contributed by atoms with Crippen molar-refractivity contribution in [3.63, 3.8) is 0 Å². The number of esters is 1. The third-order valence-corrected chi connectivity index (χ3v) is 7.66. The number of aromatic nitrogens is 1. The van der Waals surface area contributed by atoms with Crippen molar-refractivity contribution in [2.24, 2.45) is 0 Å². The van der Waals surface area contributed by atoms with E-state index in [0.717, 1.165) is 25.1 Å². The van der Waals surface area contributed by atoms with Crippen LogP contribution in [0.3, 0.4) is 0 Å². The summed E-state index contributed by atoms with van der Waals surface area (Å²) in [5, 5.41) is 0. The van der Waals surface area contributed by atoms with Crippen molar-refractivity contribution in [1.82, 2.24) is 9.47 Å². The molecule has 35 heavy (non-hydrogen) atoms. The van der Waals surface area contributed by atoms with E-state index in [0.29, 0.717) is 28.5 Å². The lowest BCUT2D eigenvalue weighted by Gasteiger charge is -2.27. The molecule has 1 atom stereocenters. The van der Waals surface area contributed by atoms with Crippen LogP contribution in [0.5, 0.6) is 0 Å². The summed E-state index contributed by atoms with van der Waals surface area (Å²) in [5.41, 5.74) is 3.75. The van der Waals surface area contributed by atoms with Gasteiger partial charge in [0, 0.05) is 24.8 Å². The summed E-state index contributed by atoms with van der Waals surface area (Å²) in [6, 6.07) is 10.3. The summed E-state index contributed by atoms with van der Waals surface area (Å²) in [5.74, 6) is 0.268. The normalized spacial score (nSPS) is 18.7. The second kappa shape index (κ2) is 11.0. The van der Waals surface area contributed by atoms with Crippen LogP contribution in [0.4, 0.5) is 0 Å². The smallest absolute Gasteiger partial charge is 0.338 e. The molecule has 6 heteroatoms. The van der Waals surface area contributed by atoms with Crippen molar-refractivity contribution in [3.8, 4) is 0 Å². The zero-order valence-electron chi connectivity index (χ0n) is 21.6. The number of halogens is 1. The van der Waals surface area contributed by atoms with E-state index < -0.39 is 5.60 Å². The topological polar surface area (TPSA) is 51.5 Å². The Morgan fingerprint density at radius 3 is 2.49 bits per heavy atom. The molecule has 1 aromatic heterocycles. The van der Waals surface area contributed by atoms with Crippen molar-refractivity contribution in [2.45, 2.75) is 103 Å². The Morgan fingerprint density at radius 1 is 1.14 bits per heavy atom.